The van der Waals surface area contributed by atoms with Crippen LogP contribution in [0.4, 0.5) is 0 Å². The van der Waals surface area contributed by atoms with Crippen LogP contribution in [0.5, 0.6) is 5.75 Å². The van der Waals surface area contributed by atoms with Crippen LogP contribution in [0, 0.1) is 5.92 Å². The molecular weight excluding hydrogens is 416 g/mol. The maximum atomic E-state index is 13.3. The van der Waals surface area contributed by atoms with Crippen molar-refractivity contribution in [2.75, 3.05) is 34.3 Å². The van der Waals surface area contributed by atoms with Gasteiger partial charge in [-0.05, 0) is 56.3 Å². The molecule has 0 aromatic heterocycles. The quantitative estimate of drug-likeness (QED) is 0.650. The lowest BCUT2D eigenvalue weighted by Gasteiger charge is -2.56. The van der Waals surface area contributed by atoms with E-state index in [9.17, 15) is 9.59 Å². The van der Waals surface area contributed by atoms with Crippen LogP contribution in [0.1, 0.15) is 42.1 Å². The van der Waals surface area contributed by atoms with Crippen molar-refractivity contribution in [3.8, 4) is 5.75 Å². The number of ether oxygens (including phenoxy) is 2. The number of amides is 1. The Hall–Kier alpha value is -2.86. The van der Waals surface area contributed by atoms with Gasteiger partial charge in [-0.2, -0.15) is 0 Å². The SMILES string of the molecule is COc1cccc([C@@]23CCN(C)C[C@H]2C(OC(C)=O)C[C@@H](N(C)C(=O)c2ccccc2)C3)c1. The van der Waals surface area contributed by atoms with Gasteiger partial charge in [0.05, 0.1) is 7.11 Å². The van der Waals surface area contributed by atoms with Gasteiger partial charge >= 0.3 is 5.97 Å². The topological polar surface area (TPSA) is 59.1 Å². The van der Waals surface area contributed by atoms with E-state index in [1.54, 1.807) is 7.11 Å². The number of carbonyl (C=O) groups excluding carboxylic acids is 2. The Bertz CT molecular complexity index is 995. The van der Waals surface area contributed by atoms with Crippen molar-refractivity contribution in [1.82, 2.24) is 9.80 Å². The molecule has 0 radical (unpaired) electrons. The highest BCUT2D eigenvalue weighted by Crippen LogP contribution is 2.51. The smallest absolute Gasteiger partial charge is 0.302 e. The number of hydrogen-bond acceptors (Lipinski definition) is 5. The van der Waals surface area contributed by atoms with Crippen molar-refractivity contribution in [1.29, 1.82) is 0 Å². The van der Waals surface area contributed by atoms with E-state index in [-0.39, 0.29) is 35.4 Å². The number of nitrogens with zero attached hydrogens (tertiary/aromatic N) is 2. The van der Waals surface area contributed by atoms with Crippen molar-refractivity contribution in [2.24, 2.45) is 5.92 Å². The van der Waals surface area contributed by atoms with Crippen molar-refractivity contribution in [2.45, 2.75) is 43.7 Å². The third kappa shape index (κ3) is 4.62. The van der Waals surface area contributed by atoms with Crippen molar-refractivity contribution >= 4 is 11.9 Å². The average molecular weight is 451 g/mol. The third-order valence-corrected chi connectivity index (χ3v) is 7.56. The number of hydrogen-bond donors (Lipinski definition) is 0. The number of benzene rings is 2. The fourth-order valence-corrected chi connectivity index (χ4v) is 5.84. The summed E-state index contributed by atoms with van der Waals surface area (Å²) in [6.45, 7) is 3.27. The second-order valence-corrected chi connectivity index (χ2v) is 9.53. The van der Waals surface area contributed by atoms with Crippen LogP contribution < -0.4 is 4.74 Å². The molecule has 4 rings (SSSR count). The number of esters is 1. The fraction of sp³-hybridized carbons (Fsp3) is 0.481. The molecule has 2 aromatic carbocycles. The van der Waals surface area contributed by atoms with Crippen molar-refractivity contribution < 1.29 is 19.1 Å². The monoisotopic (exact) mass is 450 g/mol. The Morgan fingerprint density at radius 1 is 1.12 bits per heavy atom. The summed E-state index contributed by atoms with van der Waals surface area (Å²) in [4.78, 5) is 29.6. The Morgan fingerprint density at radius 2 is 1.88 bits per heavy atom. The maximum absolute atomic E-state index is 13.3. The number of carbonyl (C=O) groups is 2. The van der Waals surface area contributed by atoms with Gasteiger partial charge in [-0.15, -0.1) is 0 Å². The highest BCUT2D eigenvalue weighted by molar-refractivity contribution is 5.94. The number of piperidine rings is 1. The number of likely N-dealkylation sites (tertiary alicyclic amines) is 1. The second kappa shape index (κ2) is 9.56. The van der Waals surface area contributed by atoms with Gasteiger partial charge in [-0.1, -0.05) is 30.3 Å². The molecule has 1 heterocycles. The standard InChI is InChI=1S/C27H34N2O4/c1-19(30)33-25-16-22(29(3)26(31)20-9-6-5-7-10-20)17-27(13-14-28(2)18-24(25)27)21-11-8-12-23(15-21)32-4/h5-12,15,22,24-25H,13-14,16-18H2,1-4H3/t22-,24+,25?,27+/m1/s1. The summed E-state index contributed by atoms with van der Waals surface area (Å²) in [6.07, 6.45) is 2.13. The van der Waals surface area contributed by atoms with Gasteiger partial charge < -0.3 is 19.3 Å². The van der Waals surface area contributed by atoms with Crippen LogP contribution >= 0.6 is 0 Å². The molecule has 6 heteroatoms. The van der Waals surface area contributed by atoms with Crippen molar-refractivity contribution in [3.05, 3.63) is 65.7 Å². The minimum atomic E-state index is -0.273. The molecule has 176 valence electrons. The second-order valence-electron chi connectivity index (χ2n) is 9.53. The Labute approximate surface area is 196 Å². The zero-order chi connectivity index (χ0) is 23.6. The summed E-state index contributed by atoms with van der Waals surface area (Å²) in [6, 6.07) is 17.6. The van der Waals surface area contributed by atoms with E-state index >= 15 is 0 Å². The van der Waals surface area contributed by atoms with Gasteiger partial charge in [-0.3, -0.25) is 9.59 Å². The maximum Gasteiger partial charge on any atom is 0.302 e. The molecule has 33 heavy (non-hydrogen) atoms. The first-order valence-corrected chi connectivity index (χ1v) is 11.7. The van der Waals surface area contributed by atoms with E-state index in [1.165, 1.54) is 12.5 Å². The Morgan fingerprint density at radius 3 is 2.58 bits per heavy atom. The summed E-state index contributed by atoms with van der Waals surface area (Å²) in [5, 5.41) is 0. The lowest BCUT2D eigenvalue weighted by atomic mass is 9.56. The summed E-state index contributed by atoms with van der Waals surface area (Å²) in [5.41, 5.74) is 1.65. The highest BCUT2D eigenvalue weighted by atomic mass is 16.5. The zero-order valence-electron chi connectivity index (χ0n) is 20.0. The molecular formula is C27H34N2O4. The predicted molar refractivity (Wildman–Crippen MR) is 127 cm³/mol. The normalized spacial score (nSPS) is 27.3. The van der Waals surface area contributed by atoms with Gasteiger partial charge in [0.2, 0.25) is 0 Å². The largest absolute Gasteiger partial charge is 0.497 e. The summed E-state index contributed by atoms with van der Waals surface area (Å²) >= 11 is 0. The molecule has 1 amide bonds. The minimum Gasteiger partial charge on any atom is -0.497 e. The van der Waals surface area contributed by atoms with E-state index in [0.717, 1.165) is 31.7 Å². The molecule has 1 saturated carbocycles. The Kier molecular flexibility index (Phi) is 6.75. The highest BCUT2D eigenvalue weighted by Gasteiger charge is 2.54. The van der Waals surface area contributed by atoms with E-state index in [2.05, 4.69) is 24.1 Å². The lowest BCUT2D eigenvalue weighted by molar-refractivity contribution is -0.158. The molecule has 6 nitrogen and oxygen atoms in total. The van der Waals surface area contributed by atoms with Gasteiger partial charge in [0, 0.05) is 49.9 Å². The predicted octanol–water partition coefficient (Wildman–Crippen LogP) is 3.75. The average Bonchev–Trinajstić information content (AvgIpc) is 2.83. The molecule has 4 atom stereocenters. The fourth-order valence-electron chi connectivity index (χ4n) is 5.84. The number of fused-ring (bicyclic) bond motifs is 1. The molecule has 0 bridgehead atoms. The molecule has 1 saturated heterocycles. The van der Waals surface area contributed by atoms with Crippen LogP contribution in [-0.2, 0) is 14.9 Å². The summed E-state index contributed by atoms with van der Waals surface area (Å²) in [7, 11) is 5.68. The molecule has 0 spiro atoms. The molecule has 0 N–H and O–H groups in total. The van der Waals surface area contributed by atoms with Crippen LogP contribution in [0.2, 0.25) is 0 Å². The van der Waals surface area contributed by atoms with Gasteiger partial charge in [0.1, 0.15) is 11.9 Å². The number of methoxy groups -OCH3 is 1. The molecule has 2 aromatic rings. The molecule has 1 unspecified atom stereocenters. The van der Waals surface area contributed by atoms with Crippen LogP contribution in [0.3, 0.4) is 0 Å². The molecule has 2 aliphatic rings. The summed E-state index contributed by atoms with van der Waals surface area (Å²) < 4.78 is 11.5. The number of rotatable bonds is 5. The first-order valence-electron chi connectivity index (χ1n) is 11.7. The summed E-state index contributed by atoms with van der Waals surface area (Å²) in [5.74, 6) is 0.683. The van der Waals surface area contributed by atoms with Crippen LogP contribution in [0.25, 0.3) is 0 Å². The minimum absolute atomic E-state index is 0.00524. The molecule has 1 aliphatic heterocycles. The third-order valence-electron chi connectivity index (χ3n) is 7.56. The van der Waals surface area contributed by atoms with E-state index in [1.807, 2.05) is 54.4 Å². The van der Waals surface area contributed by atoms with Crippen molar-refractivity contribution in [3.63, 3.8) is 0 Å². The molecule has 2 fully saturated rings. The van der Waals surface area contributed by atoms with Gasteiger partial charge in [0.25, 0.3) is 5.91 Å². The van der Waals surface area contributed by atoms with E-state index in [4.69, 9.17) is 9.47 Å². The van der Waals surface area contributed by atoms with Gasteiger partial charge in [0.15, 0.2) is 0 Å². The first-order chi connectivity index (χ1) is 15.8. The molecule has 1 aliphatic carbocycles. The first kappa shape index (κ1) is 23.3. The zero-order valence-corrected chi connectivity index (χ0v) is 20.0. The Balaban J connectivity index is 1.75. The van der Waals surface area contributed by atoms with E-state index in [0.29, 0.717) is 12.0 Å². The lowest BCUT2D eigenvalue weighted by Crippen LogP contribution is -2.61. The van der Waals surface area contributed by atoms with Crippen LogP contribution in [0.15, 0.2) is 54.6 Å². The van der Waals surface area contributed by atoms with Crippen LogP contribution in [-0.4, -0.2) is 68.1 Å². The van der Waals surface area contributed by atoms with Gasteiger partial charge in [-0.25, -0.2) is 0 Å². The van der Waals surface area contributed by atoms with E-state index < -0.39 is 0 Å².